The van der Waals surface area contributed by atoms with Crippen LogP contribution in [-0.2, 0) is 4.79 Å². The van der Waals surface area contributed by atoms with Crippen molar-refractivity contribution in [3.63, 3.8) is 0 Å². The minimum atomic E-state index is -1.19. The maximum atomic E-state index is 15.3. The summed E-state index contributed by atoms with van der Waals surface area (Å²) in [5.41, 5.74) is 1.30. The molecule has 4 rings (SSSR count). The molecule has 0 radical (unpaired) electrons. The Hall–Kier alpha value is -2.78. The molecule has 1 aromatic carbocycles. The number of ether oxygens (including phenoxy) is 1. The number of thioether (sulfide) groups is 1. The van der Waals surface area contributed by atoms with Crippen LogP contribution < -0.4 is 4.74 Å². The topological polar surface area (TPSA) is 88.4 Å². The second kappa shape index (κ2) is 11.6. The molecule has 3 atom stereocenters. The first-order valence-electron chi connectivity index (χ1n) is 11.4. The third kappa shape index (κ3) is 6.01. The maximum absolute atomic E-state index is 15.3. The lowest BCUT2D eigenvalue weighted by molar-refractivity contribution is -0.146. The Morgan fingerprint density at radius 1 is 1.32 bits per heavy atom. The third-order valence-corrected chi connectivity index (χ3v) is 7.41. The van der Waals surface area contributed by atoms with Crippen LogP contribution in [0.25, 0.3) is 10.9 Å². The zero-order valence-electron chi connectivity index (χ0n) is 19.1. The number of rotatable bonds is 10. The number of hydrogen-bond acceptors (Lipinski definition) is 7. The molecular weight excluding hydrogens is 455 g/mol. The summed E-state index contributed by atoms with van der Waals surface area (Å²) in [5, 5.41) is 10.6. The van der Waals surface area contributed by atoms with Crippen molar-refractivity contribution in [3.05, 3.63) is 54.7 Å². The summed E-state index contributed by atoms with van der Waals surface area (Å²) in [6.07, 6.45) is 7.07. The fraction of sp³-hybridized carbons (Fsp3) is 0.440. The molecule has 0 spiro atoms. The van der Waals surface area contributed by atoms with Crippen molar-refractivity contribution in [1.82, 2.24) is 19.9 Å². The van der Waals surface area contributed by atoms with E-state index in [0.717, 1.165) is 41.1 Å². The summed E-state index contributed by atoms with van der Waals surface area (Å²) in [4.78, 5) is 27.5. The van der Waals surface area contributed by atoms with Gasteiger partial charge >= 0.3 is 5.97 Å². The number of piperidine rings is 1. The lowest BCUT2D eigenvalue weighted by atomic mass is 9.81. The number of carbonyl (C=O) groups is 1. The first-order chi connectivity index (χ1) is 16.5. The Morgan fingerprint density at radius 3 is 2.91 bits per heavy atom. The summed E-state index contributed by atoms with van der Waals surface area (Å²) in [6, 6.07) is 7.15. The molecule has 0 aliphatic carbocycles. The van der Waals surface area contributed by atoms with Crippen LogP contribution in [0.2, 0.25) is 0 Å². The largest absolute Gasteiger partial charge is 0.497 e. The van der Waals surface area contributed by atoms with Crippen molar-refractivity contribution in [2.45, 2.75) is 30.3 Å². The van der Waals surface area contributed by atoms with Crippen molar-refractivity contribution >= 4 is 28.6 Å². The number of methoxy groups -OCH3 is 1. The van der Waals surface area contributed by atoms with Gasteiger partial charge in [-0.25, -0.2) is 14.4 Å². The monoisotopic (exact) mass is 484 g/mol. The average molecular weight is 485 g/mol. The molecule has 34 heavy (non-hydrogen) atoms. The molecule has 0 unspecified atom stereocenters. The van der Waals surface area contributed by atoms with Gasteiger partial charge in [-0.2, -0.15) is 0 Å². The van der Waals surface area contributed by atoms with Crippen LogP contribution in [0.4, 0.5) is 4.39 Å². The van der Waals surface area contributed by atoms with Crippen LogP contribution in [0.3, 0.4) is 0 Å². The number of pyridine rings is 1. The molecule has 2 aromatic heterocycles. The molecule has 9 heteroatoms. The Morgan fingerprint density at radius 2 is 2.15 bits per heavy atom. The normalized spacial score (nSPS) is 19.7. The van der Waals surface area contributed by atoms with Crippen LogP contribution in [0.1, 0.15) is 31.0 Å². The van der Waals surface area contributed by atoms with Crippen molar-refractivity contribution in [1.29, 1.82) is 0 Å². The molecule has 1 aliphatic rings. The zero-order valence-corrected chi connectivity index (χ0v) is 20.0. The van der Waals surface area contributed by atoms with Gasteiger partial charge in [-0.3, -0.25) is 9.78 Å². The number of likely N-dealkylation sites (tertiary alicyclic amines) is 1. The highest BCUT2D eigenvalue weighted by molar-refractivity contribution is 7.99. The summed E-state index contributed by atoms with van der Waals surface area (Å²) in [5.74, 6) is 0.179. The van der Waals surface area contributed by atoms with E-state index < -0.39 is 18.1 Å². The van der Waals surface area contributed by atoms with E-state index in [1.54, 1.807) is 43.5 Å². The molecule has 0 bridgehead atoms. The van der Waals surface area contributed by atoms with E-state index in [0.29, 0.717) is 24.3 Å². The van der Waals surface area contributed by atoms with Gasteiger partial charge in [-0.05, 0) is 61.6 Å². The number of aliphatic carboxylic acids is 1. The van der Waals surface area contributed by atoms with E-state index in [9.17, 15) is 9.90 Å². The minimum absolute atomic E-state index is 0.0372. The van der Waals surface area contributed by atoms with Gasteiger partial charge < -0.3 is 14.7 Å². The molecule has 3 heterocycles. The quantitative estimate of drug-likeness (QED) is 0.417. The first kappa shape index (κ1) is 24.3. The number of benzene rings is 1. The Bertz CT molecular complexity index is 1100. The number of alkyl halides is 1. The second-order valence-electron chi connectivity index (χ2n) is 8.54. The third-order valence-electron chi connectivity index (χ3n) is 6.48. The fourth-order valence-electron chi connectivity index (χ4n) is 4.61. The van der Waals surface area contributed by atoms with Crippen molar-refractivity contribution < 1.29 is 19.0 Å². The summed E-state index contributed by atoms with van der Waals surface area (Å²) >= 11 is 1.66. The number of carboxylic acid groups (broad SMARTS) is 1. The van der Waals surface area contributed by atoms with Crippen LogP contribution in [0.5, 0.6) is 5.75 Å². The number of nitrogens with zero attached hydrogens (tertiary/aromatic N) is 4. The van der Waals surface area contributed by atoms with Gasteiger partial charge in [0.1, 0.15) is 18.2 Å². The Balaban J connectivity index is 1.34. The van der Waals surface area contributed by atoms with Gasteiger partial charge in [0.25, 0.3) is 0 Å². The van der Waals surface area contributed by atoms with E-state index in [4.69, 9.17) is 4.74 Å². The number of halogens is 1. The van der Waals surface area contributed by atoms with E-state index in [2.05, 4.69) is 19.9 Å². The standard InChI is InChI=1S/C25H29FN4O3S/c1-33-18-3-5-24-21(12-18)20(6-8-29-24)23(26)4-2-17-7-9-30(15-22(17)25(31)32)10-11-34-19-13-27-16-28-14-19/h3,5-6,8,12-14,16-17,22-23H,2,4,7,9-11,15H2,1H3,(H,31,32)/t17-,22+,23-/m1/s1. The van der Waals surface area contributed by atoms with E-state index in [-0.39, 0.29) is 12.3 Å². The molecule has 1 fully saturated rings. The fourth-order valence-corrected chi connectivity index (χ4v) is 5.47. The molecule has 1 N–H and O–H groups in total. The van der Waals surface area contributed by atoms with Gasteiger partial charge in [0.05, 0.1) is 18.5 Å². The van der Waals surface area contributed by atoms with Gasteiger partial charge in [-0.15, -0.1) is 11.8 Å². The van der Waals surface area contributed by atoms with Crippen molar-refractivity contribution in [2.24, 2.45) is 11.8 Å². The maximum Gasteiger partial charge on any atom is 0.308 e. The van der Waals surface area contributed by atoms with Gasteiger partial charge in [0.2, 0.25) is 0 Å². The predicted molar refractivity (Wildman–Crippen MR) is 130 cm³/mol. The zero-order chi connectivity index (χ0) is 23.9. The average Bonchev–Trinajstić information content (AvgIpc) is 2.87. The van der Waals surface area contributed by atoms with Gasteiger partial charge in [0.15, 0.2) is 0 Å². The number of aromatic nitrogens is 3. The van der Waals surface area contributed by atoms with E-state index >= 15 is 4.39 Å². The van der Waals surface area contributed by atoms with E-state index in [1.165, 1.54) is 6.33 Å². The molecule has 180 valence electrons. The smallest absolute Gasteiger partial charge is 0.308 e. The Labute approximate surface area is 202 Å². The summed E-state index contributed by atoms with van der Waals surface area (Å²) in [7, 11) is 1.58. The SMILES string of the molecule is COc1ccc2nccc([C@H](F)CC[C@@H]3CCN(CCSc4cncnc4)C[C@@H]3C(=O)O)c2c1. The summed E-state index contributed by atoms with van der Waals surface area (Å²) < 4.78 is 20.6. The highest BCUT2D eigenvalue weighted by atomic mass is 32.2. The van der Waals surface area contributed by atoms with E-state index in [1.807, 2.05) is 18.2 Å². The second-order valence-corrected chi connectivity index (χ2v) is 9.71. The highest BCUT2D eigenvalue weighted by Gasteiger charge is 2.34. The number of fused-ring (bicyclic) bond motifs is 1. The number of carboxylic acids is 1. The molecule has 7 nitrogen and oxygen atoms in total. The molecule has 0 amide bonds. The predicted octanol–water partition coefficient (Wildman–Crippen LogP) is 4.64. The van der Waals surface area contributed by atoms with Crippen LogP contribution >= 0.6 is 11.8 Å². The summed E-state index contributed by atoms with van der Waals surface area (Å²) in [6.45, 7) is 2.12. The van der Waals surface area contributed by atoms with Crippen LogP contribution in [-0.4, -0.2) is 63.4 Å². The highest BCUT2D eigenvalue weighted by Crippen LogP contribution is 2.35. The molecule has 3 aromatic rings. The molecule has 1 aliphatic heterocycles. The molecule has 0 saturated carbocycles. The van der Waals surface area contributed by atoms with Crippen LogP contribution in [0, 0.1) is 11.8 Å². The van der Waals surface area contributed by atoms with Crippen LogP contribution in [0.15, 0.2) is 54.1 Å². The minimum Gasteiger partial charge on any atom is -0.497 e. The lowest BCUT2D eigenvalue weighted by Crippen LogP contribution is -2.44. The molecule has 1 saturated heterocycles. The van der Waals surface area contributed by atoms with Gasteiger partial charge in [0, 0.05) is 47.7 Å². The van der Waals surface area contributed by atoms with Gasteiger partial charge in [-0.1, -0.05) is 0 Å². The Kier molecular flexibility index (Phi) is 8.29. The van der Waals surface area contributed by atoms with Crippen molar-refractivity contribution in [3.8, 4) is 5.75 Å². The lowest BCUT2D eigenvalue weighted by Gasteiger charge is -2.36. The number of hydrogen-bond donors (Lipinski definition) is 1. The van der Waals surface area contributed by atoms with Crippen molar-refractivity contribution in [2.75, 3.05) is 32.5 Å². The molecular formula is C25H29FN4O3S. The first-order valence-corrected chi connectivity index (χ1v) is 12.4.